The number of benzene rings is 2. The fourth-order valence-corrected chi connectivity index (χ4v) is 3.15. The molecule has 1 unspecified atom stereocenters. The molecule has 5 nitrogen and oxygen atoms in total. The second-order valence-corrected chi connectivity index (χ2v) is 6.22. The van der Waals surface area contributed by atoms with Crippen molar-refractivity contribution >= 4 is 47.4 Å². The van der Waals surface area contributed by atoms with Crippen LogP contribution >= 0.6 is 24.8 Å². The van der Waals surface area contributed by atoms with Gasteiger partial charge in [-0.05, 0) is 43.7 Å². The van der Waals surface area contributed by atoms with Gasteiger partial charge in [0.05, 0.1) is 17.0 Å². The number of amides is 1. The molecule has 0 saturated carbocycles. The van der Waals surface area contributed by atoms with Gasteiger partial charge >= 0.3 is 0 Å². The van der Waals surface area contributed by atoms with Gasteiger partial charge < -0.3 is 15.6 Å². The highest BCUT2D eigenvalue weighted by Crippen LogP contribution is 2.23. The minimum atomic E-state index is 0. The minimum Gasteiger partial charge on any atom is -0.338 e. The maximum atomic E-state index is 12.4. The molecule has 1 amide bonds. The summed E-state index contributed by atoms with van der Waals surface area (Å²) in [7, 11) is 0. The minimum absolute atomic E-state index is 0. The number of nitrogens with one attached hydrogen (secondary N) is 3. The number of carbonyl (C=O) groups is 1. The van der Waals surface area contributed by atoms with Gasteiger partial charge in [-0.15, -0.1) is 24.8 Å². The molecule has 4 rings (SSSR count). The van der Waals surface area contributed by atoms with E-state index in [0.29, 0.717) is 0 Å². The zero-order valence-electron chi connectivity index (χ0n) is 14.2. The number of rotatable bonds is 3. The number of imidazole rings is 1. The molecule has 2 heterocycles. The molecule has 1 aromatic heterocycles. The fraction of sp³-hybridized carbons (Fsp3) is 0.263. The van der Waals surface area contributed by atoms with E-state index in [-0.39, 0.29) is 36.6 Å². The third kappa shape index (κ3) is 4.36. The Morgan fingerprint density at radius 1 is 1.12 bits per heavy atom. The number of aromatic nitrogens is 2. The molecule has 138 valence electrons. The Bertz CT molecular complexity index is 842. The molecule has 0 radical (unpaired) electrons. The van der Waals surface area contributed by atoms with Crippen molar-refractivity contribution in [3.8, 4) is 11.4 Å². The van der Waals surface area contributed by atoms with Gasteiger partial charge in [0.15, 0.2) is 0 Å². The molecule has 1 saturated heterocycles. The van der Waals surface area contributed by atoms with Crippen LogP contribution in [0.4, 0.5) is 5.69 Å². The van der Waals surface area contributed by atoms with Crippen LogP contribution < -0.4 is 10.6 Å². The number of fused-ring (bicyclic) bond motifs is 1. The Labute approximate surface area is 164 Å². The van der Waals surface area contributed by atoms with Crippen molar-refractivity contribution in [1.29, 1.82) is 0 Å². The molecule has 1 atom stereocenters. The van der Waals surface area contributed by atoms with Crippen molar-refractivity contribution in [2.45, 2.75) is 12.8 Å². The summed E-state index contributed by atoms with van der Waals surface area (Å²) in [5, 5.41) is 6.31. The summed E-state index contributed by atoms with van der Waals surface area (Å²) in [6, 6.07) is 15.8. The van der Waals surface area contributed by atoms with Gasteiger partial charge in [0.25, 0.3) is 0 Å². The first-order valence-electron chi connectivity index (χ1n) is 8.36. The summed E-state index contributed by atoms with van der Waals surface area (Å²) in [5.74, 6) is 0.948. The van der Waals surface area contributed by atoms with Crippen LogP contribution in [0.25, 0.3) is 22.4 Å². The number of carbonyl (C=O) groups excluding carboxylic acids is 1. The Morgan fingerprint density at radius 2 is 1.96 bits per heavy atom. The van der Waals surface area contributed by atoms with Gasteiger partial charge in [0.1, 0.15) is 5.82 Å². The van der Waals surface area contributed by atoms with Gasteiger partial charge in [0.2, 0.25) is 5.91 Å². The van der Waals surface area contributed by atoms with Gasteiger partial charge in [-0.1, -0.05) is 24.3 Å². The molecule has 26 heavy (non-hydrogen) atoms. The van der Waals surface area contributed by atoms with Crippen LogP contribution in [0.2, 0.25) is 0 Å². The van der Waals surface area contributed by atoms with Crippen molar-refractivity contribution in [1.82, 2.24) is 15.3 Å². The number of halogens is 2. The van der Waals surface area contributed by atoms with E-state index in [1.54, 1.807) is 0 Å². The van der Waals surface area contributed by atoms with E-state index in [2.05, 4.69) is 20.6 Å². The van der Waals surface area contributed by atoms with Gasteiger partial charge in [-0.3, -0.25) is 4.79 Å². The lowest BCUT2D eigenvalue weighted by Gasteiger charge is -2.21. The molecule has 0 bridgehead atoms. The molecular weight excluding hydrogens is 371 g/mol. The van der Waals surface area contributed by atoms with Crippen LogP contribution in [0.3, 0.4) is 0 Å². The highest BCUT2D eigenvalue weighted by Gasteiger charge is 2.20. The predicted octanol–water partition coefficient (Wildman–Crippen LogP) is 4.01. The summed E-state index contributed by atoms with van der Waals surface area (Å²) in [6.45, 7) is 1.76. The second kappa shape index (κ2) is 9.03. The zero-order chi connectivity index (χ0) is 16.4. The van der Waals surface area contributed by atoms with Crippen molar-refractivity contribution < 1.29 is 4.79 Å². The first kappa shape index (κ1) is 20.2. The molecule has 1 aliphatic heterocycles. The molecule has 1 fully saturated rings. The second-order valence-electron chi connectivity index (χ2n) is 6.22. The van der Waals surface area contributed by atoms with Gasteiger partial charge in [-0.25, -0.2) is 4.98 Å². The lowest BCUT2D eigenvalue weighted by molar-refractivity contribution is -0.120. The average molecular weight is 393 g/mol. The largest absolute Gasteiger partial charge is 0.338 e. The molecular formula is C19H22Cl2N4O. The number of hydrogen-bond acceptors (Lipinski definition) is 3. The molecule has 3 aromatic rings. The average Bonchev–Trinajstić information content (AvgIpc) is 3.07. The Balaban J connectivity index is 0.00000121. The number of para-hydroxylation sites is 2. The van der Waals surface area contributed by atoms with Crippen LogP contribution in [0.5, 0.6) is 0 Å². The number of H-pyrrole nitrogens is 1. The van der Waals surface area contributed by atoms with Gasteiger partial charge in [-0.2, -0.15) is 0 Å². The van der Waals surface area contributed by atoms with Gasteiger partial charge in [0, 0.05) is 17.8 Å². The summed E-state index contributed by atoms with van der Waals surface area (Å²) in [4.78, 5) is 20.3. The summed E-state index contributed by atoms with van der Waals surface area (Å²) in [6.07, 6.45) is 2.00. The first-order chi connectivity index (χ1) is 11.8. The topological polar surface area (TPSA) is 69.8 Å². The Morgan fingerprint density at radius 3 is 2.73 bits per heavy atom. The molecule has 0 aliphatic carbocycles. The summed E-state index contributed by atoms with van der Waals surface area (Å²) in [5.41, 5.74) is 3.72. The van der Waals surface area contributed by atoms with E-state index < -0.39 is 0 Å². The maximum Gasteiger partial charge on any atom is 0.228 e. The van der Waals surface area contributed by atoms with Crippen molar-refractivity contribution in [2.24, 2.45) is 5.92 Å². The Kier molecular flexibility index (Phi) is 7.03. The quantitative estimate of drug-likeness (QED) is 0.630. The third-order valence-electron chi connectivity index (χ3n) is 4.46. The highest BCUT2D eigenvalue weighted by molar-refractivity contribution is 5.93. The number of aromatic amines is 1. The number of nitrogens with zero attached hydrogens (tertiary/aromatic N) is 1. The van der Waals surface area contributed by atoms with Crippen molar-refractivity contribution in [3.63, 3.8) is 0 Å². The third-order valence-corrected chi connectivity index (χ3v) is 4.46. The lowest BCUT2D eigenvalue weighted by Crippen LogP contribution is -2.37. The van der Waals surface area contributed by atoms with Crippen LogP contribution in [0, 0.1) is 5.92 Å². The SMILES string of the molecule is Cl.Cl.O=C(Nc1cccc(-c2nc3ccccc3[nH]2)c1)C1CCCNC1. The number of anilines is 1. The normalized spacial score (nSPS) is 16.4. The fourth-order valence-electron chi connectivity index (χ4n) is 3.15. The highest BCUT2D eigenvalue weighted by atomic mass is 35.5. The van der Waals surface area contributed by atoms with Crippen LogP contribution in [0.15, 0.2) is 48.5 Å². The monoisotopic (exact) mass is 392 g/mol. The summed E-state index contributed by atoms with van der Waals surface area (Å²) < 4.78 is 0. The van der Waals surface area contributed by atoms with E-state index in [1.807, 2.05) is 48.5 Å². The molecule has 7 heteroatoms. The van der Waals surface area contributed by atoms with Crippen LogP contribution in [-0.4, -0.2) is 29.0 Å². The number of piperidine rings is 1. The molecule has 1 aliphatic rings. The number of hydrogen-bond donors (Lipinski definition) is 3. The molecule has 0 spiro atoms. The van der Waals surface area contributed by atoms with E-state index in [1.165, 1.54) is 0 Å². The van der Waals surface area contributed by atoms with E-state index in [9.17, 15) is 4.79 Å². The van der Waals surface area contributed by atoms with Crippen molar-refractivity contribution in [2.75, 3.05) is 18.4 Å². The van der Waals surface area contributed by atoms with E-state index in [0.717, 1.165) is 54.0 Å². The zero-order valence-corrected chi connectivity index (χ0v) is 15.8. The first-order valence-corrected chi connectivity index (χ1v) is 8.36. The summed E-state index contributed by atoms with van der Waals surface area (Å²) >= 11 is 0. The molecule has 2 aromatic carbocycles. The predicted molar refractivity (Wildman–Crippen MR) is 110 cm³/mol. The Hall–Kier alpha value is -2.08. The smallest absolute Gasteiger partial charge is 0.228 e. The lowest BCUT2D eigenvalue weighted by atomic mass is 9.99. The van der Waals surface area contributed by atoms with E-state index in [4.69, 9.17) is 0 Å². The standard InChI is InChI=1S/C19H20N4O.2ClH/c24-19(14-6-4-10-20-12-14)21-15-7-3-5-13(11-15)18-22-16-8-1-2-9-17(16)23-18;;/h1-3,5,7-9,11,14,20H,4,6,10,12H2,(H,21,24)(H,22,23);2*1H. The van der Waals surface area contributed by atoms with Crippen molar-refractivity contribution in [3.05, 3.63) is 48.5 Å². The van der Waals surface area contributed by atoms with Crippen LogP contribution in [0.1, 0.15) is 12.8 Å². The molecule has 3 N–H and O–H groups in total. The maximum absolute atomic E-state index is 12.4. The van der Waals surface area contributed by atoms with E-state index >= 15 is 0 Å². The van der Waals surface area contributed by atoms with Crippen LogP contribution in [-0.2, 0) is 4.79 Å².